The maximum absolute atomic E-state index is 12.6. The molecule has 1 aliphatic rings. The van der Waals surface area contributed by atoms with Crippen molar-refractivity contribution < 1.29 is 9.59 Å². The van der Waals surface area contributed by atoms with Crippen LogP contribution < -0.4 is 10.6 Å². The van der Waals surface area contributed by atoms with Crippen molar-refractivity contribution in [3.63, 3.8) is 0 Å². The third-order valence-electron chi connectivity index (χ3n) is 4.75. The van der Waals surface area contributed by atoms with E-state index < -0.39 is 0 Å². The molecule has 0 bridgehead atoms. The highest BCUT2D eigenvalue weighted by molar-refractivity contribution is 5.95. The minimum Gasteiger partial charge on any atom is -0.354 e. The Balaban J connectivity index is 1.58. The molecular formula is C19H24N4O2. The predicted molar refractivity (Wildman–Crippen MR) is 96.3 cm³/mol. The lowest BCUT2D eigenvalue weighted by atomic mass is 9.78. The number of amides is 2. The first kappa shape index (κ1) is 17.2. The second-order valence-electron chi connectivity index (χ2n) is 6.63. The van der Waals surface area contributed by atoms with E-state index >= 15 is 0 Å². The van der Waals surface area contributed by atoms with Gasteiger partial charge in [-0.25, -0.2) is 0 Å². The van der Waals surface area contributed by atoms with Crippen molar-refractivity contribution in [2.75, 3.05) is 5.32 Å². The van der Waals surface area contributed by atoms with Crippen LogP contribution in [0.25, 0.3) is 0 Å². The van der Waals surface area contributed by atoms with Crippen LogP contribution in [-0.4, -0.2) is 28.1 Å². The summed E-state index contributed by atoms with van der Waals surface area (Å²) >= 11 is 0. The minimum absolute atomic E-state index is 0.00458. The van der Waals surface area contributed by atoms with Gasteiger partial charge < -0.3 is 10.6 Å². The van der Waals surface area contributed by atoms with Crippen LogP contribution >= 0.6 is 0 Å². The zero-order chi connectivity index (χ0) is 17.8. The summed E-state index contributed by atoms with van der Waals surface area (Å²) in [5.41, 5.74) is 1.95. The Morgan fingerprint density at radius 1 is 1.28 bits per heavy atom. The van der Waals surface area contributed by atoms with E-state index in [9.17, 15) is 9.59 Å². The zero-order valence-electron chi connectivity index (χ0n) is 14.6. The first-order valence-corrected chi connectivity index (χ1v) is 8.75. The molecule has 6 nitrogen and oxygen atoms in total. The van der Waals surface area contributed by atoms with Crippen LogP contribution in [0.5, 0.6) is 0 Å². The molecule has 2 amide bonds. The first-order chi connectivity index (χ1) is 12.1. The van der Waals surface area contributed by atoms with Crippen molar-refractivity contribution >= 4 is 17.6 Å². The largest absolute Gasteiger partial charge is 0.354 e. The molecule has 3 N–H and O–H groups in total. The summed E-state index contributed by atoms with van der Waals surface area (Å²) in [5.74, 6) is 0.742. The third kappa shape index (κ3) is 4.07. The summed E-state index contributed by atoms with van der Waals surface area (Å²) in [5, 5.41) is 13.1. The number of rotatable bonds is 6. The number of H-pyrrole nitrogens is 1. The molecule has 1 aromatic heterocycles. The van der Waals surface area contributed by atoms with Crippen LogP contribution in [0.2, 0.25) is 0 Å². The Bertz CT molecular complexity index is 735. The normalized spacial score (nSPS) is 20.4. The highest BCUT2D eigenvalue weighted by Gasteiger charge is 2.32. The highest BCUT2D eigenvalue weighted by Crippen LogP contribution is 2.36. The number of benzene rings is 1. The number of carbonyl (C=O) groups excluding carboxylic acids is 2. The summed E-state index contributed by atoms with van der Waals surface area (Å²) < 4.78 is 0. The average Bonchev–Trinajstić information content (AvgIpc) is 3.00. The fourth-order valence-electron chi connectivity index (χ4n) is 3.35. The van der Waals surface area contributed by atoms with Gasteiger partial charge in [0.1, 0.15) is 5.82 Å². The molecular weight excluding hydrogens is 316 g/mol. The van der Waals surface area contributed by atoms with Crippen molar-refractivity contribution in [1.82, 2.24) is 15.5 Å². The molecule has 132 valence electrons. The number of nitrogens with zero attached hydrogens (tertiary/aromatic N) is 1. The maximum Gasteiger partial charge on any atom is 0.233 e. The lowest BCUT2D eigenvalue weighted by molar-refractivity contribution is -0.120. The van der Waals surface area contributed by atoms with Gasteiger partial charge in [-0.15, -0.1) is 0 Å². The molecule has 3 rings (SSSR count). The van der Waals surface area contributed by atoms with Crippen LogP contribution in [0.3, 0.4) is 0 Å². The van der Waals surface area contributed by atoms with E-state index in [0.29, 0.717) is 11.7 Å². The molecule has 0 saturated heterocycles. The van der Waals surface area contributed by atoms with E-state index in [1.165, 1.54) is 6.92 Å². The van der Waals surface area contributed by atoms with Crippen LogP contribution in [-0.2, 0) is 9.59 Å². The van der Waals surface area contributed by atoms with Gasteiger partial charge in [0.15, 0.2) is 0 Å². The molecule has 0 spiro atoms. The standard InChI is InChI=1S/C19H24N4O2/c1-3-16(13-7-5-4-6-8-13)19(25)21-18-11-17(22-23-18)14-9-15(10-14)20-12(2)24/h4-8,11,14-16H,3,9-10H2,1-2H3,(H,20,24)(H2,21,22,23,25)/t14-,15+,16?. The molecule has 1 aromatic carbocycles. The van der Waals surface area contributed by atoms with Crippen molar-refractivity contribution in [2.24, 2.45) is 0 Å². The van der Waals surface area contributed by atoms with Crippen molar-refractivity contribution in [2.45, 2.75) is 51.0 Å². The monoisotopic (exact) mass is 340 g/mol. The van der Waals surface area contributed by atoms with E-state index in [0.717, 1.165) is 30.5 Å². The van der Waals surface area contributed by atoms with Gasteiger partial charge in [-0.3, -0.25) is 14.7 Å². The third-order valence-corrected chi connectivity index (χ3v) is 4.75. The molecule has 0 aliphatic heterocycles. The van der Waals surface area contributed by atoms with Crippen molar-refractivity contribution in [3.8, 4) is 0 Å². The fourth-order valence-corrected chi connectivity index (χ4v) is 3.35. The zero-order valence-corrected chi connectivity index (χ0v) is 14.6. The van der Waals surface area contributed by atoms with Crippen LogP contribution in [0, 0.1) is 0 Å². The number of hydrogen-bond acceptors (Lipinski definition) is 3. The van der Waals surface area contributed by atoms with E-state index in [-0.39, 0.29) is 23.8 Å². The summed E-state index contributed by atoms with van der Waals surface area (Å²) in [7, 11) is 0. The average molecular weight is 340 g/mol. The van der Waals surface area contributed by atoms with Crippen LogP contribution in [0.1, 0.15) is 56.2 Å². The van der Waals surface area contributed by atoms with Crippen LogP contribution in [0.15, 0.2) is 36.4 Å². The van der Waals surface area contributed by atoms with Gasteiger partial charge in [-0.1, -0.05) is 37.3 Å². The maximum atomic E-state index is 12.6. The first-order valence-electron chi connectivity index (χ1n) is 8.75. The summed E-state index contributed by atoms with van der Waals surface area (Å²) in [6.45, 7) is 3.54. The van der Waals surface area contributed by atoms with E-state index in [2.05, 4.69) is 20.8 Å². The van der Waals surface area contributed by atoms with Gasteiger partial charge in [-0.05, 0) is 24.8 Å². The lowest BCUT2D eigenvalue weighted by Gasteiger charge is -2.34. The molecule has 1 atom stereocenters. The smallest absolute Gasteiger partial charge is 0.233 e. The van der Waals surface area contributed by atoms with E-state index in [1.54, 1.807) is 0 Å². The van der Waals surface area contributed by atoms with Gasteiger partial charge in [0.25, 0.3) is 0 Å². The molecule has 1 heterocycles. The van der Waals surface area contributed by atoms with Gasteiger partial charge in [0, 0.05) is 24.9 Å². The molecule has 0 radical (unpaired) electrons. The number of nitrogens with one attached hydrogen (secondary N) is 3. The summed E-state index contributed by atoms with van der Waals surface area (Å²) in [6.07, 6.45) is 2.51. The van der Waals surface area contributed by atoms with Gasteiger partial charge >= 0.3 is 0 Å². The van der Waals surface area contributed by atoms with E-state index in [4.69, 9.17) is 0 Å². The summed E-state index contributed by atoms with van der Waals surface area (Å²) in [6, 6.07) is 11.9. The molecule has 1 aliphatic carbocycles. The number of hydrogen-bond donors (Lipinski definition) is 3. The molecule has 1 unspecified atom stereocenters. The van der Waals surface area contributed by atoms with Crippen LogP contribution in [0.4, 0.5) is 5.82 Å². The summed E-state index contributed by atoms with van der Waals surface area (Å²) in [4.78, 5) is 23.6. The molecule has 1 saturated carbocycles. The van der Waals surface area contributed by atoms with Gasteiger partial charge in [0.05, 0.1) is 11.6 Å². The SMILES string of the molecule is CCC(C(=O)Nc1cc([C@H]2C[C@@H](NC(C)=O)C2)n[nH]1)c1ccccc1. The topological polar surface area (TPSA) is 86.9 Å². The second kappa shape index (κ2) is 7.51. The van der Waals surface area contributed by atoms with Gasteiger partial charge in [0.2, 0.25) is 11.8 Å². The quantitative estimate of drug-likeness (QED) is 0.755. The lowest BCUT2D eigenvalue weighted by Crippen LogP contribution is -2.42. The minimum atomic E-state index is -0.180. The van der Waals surface area contributed by atoms with Gasteiger partial charge in [-0.2, -0.15) is 5.10 Å². The Hall–Kier alpha value is -2.63. The number of anilines is 1. The Kier molecular flexibility index (Phi) is 5.16. The number of aromatic amines is 1. The molecule has 25 heavy (non-hydrogen) atoms. The molecule has 6 heteroatoms. The number of aromatic nitrogens is 2. The Morgan fingerprint density at radius 2 is 2.00 bits per heavy atom. The highest BCUT2D eigenvalue weighted by atomic mass is 16.2. The predicted octanol–water partition coefficient (Wildman–Crippen LogP) is 2.92. The molecule has 2 aromatic rings. The van der Waals surface area contributed by atoms with Crippen molar-refractivity contribution in [1.29, 1.82) is 0 Å². The van der Waals surface area contributed by atoms with E-state index in [1.807, 2.05) is 43.3 Å². The molecule has 1 fully saturated rings. The number of carbonyl (C=O) groups is 2. The Labute approximate surface area is 147 Å². The second-order valence-corrected chi connectivity index (χ2v) is 6.63. The fraction of sp³-hybridized carbons (Fsp3) is 0.421. The Morgan fingerprint density at radius 3 is 2.64 bits per heavy atom. The van der Waals surface area contributed by atoms with Crippen molar-refractivity contribution in [3.05, 3.63) is 47.7 Å².